The molecule has 1 aromatic carbocycles. The number of rotatable bonds is 4. The van der Waals surface area contributed by atoms with Crippen LogP contribution < -0.4 is 15.5 Å². The highest BCUT2D eigenvalue weighted by Crippen LogP contribution is 2.50. The van der Waals surface area contributed by atoms with Gasteiger partial charge in [0.15, 0.2) is 0 Å². The van der Waals surface area contributed by atoms with E-state index in [4.69, 9.17) is 0 Å². The SMILES string of the molecule is CNC(=O)CNC1CC2(CCN(c3ncccn3)CC2)c2ccccc21. The van der Waals surface area contributed by atoms with E-state index in [1.807, 2.05) is 6.07 Å². The number of hydrogen-bond acceptors (Lipinski definition) is 5. The van der Waals surface area contributed by atoms with Crippen molar-refractivity contribution in [2.45, 2.75) is 30.7 Å². The van der Waals surface area contributed by atoms with Crippen molar-refractivity contribution < 1.29 is 4.79 Å². The maximum absolute atomic E-state index is 11.7. The Balaban J connectivity index is 1.51. The third kappa shape index (κ3) is 3.05. The lowest BCUT2D eigenvalue weighted by molar-refractivity contribution is -0.119. The molecule has 2 aromatic rings. The number of nitrogens with one attached hydrogen (secondary N) is 2. The highest BCUT2D eigenvalue weighted by atomic mass is 16.1. The van der Waals surface area contributed by atoms with Gasteiger partial charge in [-0.15, -0.1) is 0 Å². The first-order chi connectivity index (χ1) is 12.7. The summed E-state index contributed by atoms with van der Waals surface area (Å²) in [5, 5.41) is 6.14. The number of likely N-dealkylation sites (N-methyl/N-ethyl adjacent to an activating group) is 1. The maximum atomic E-state index is 11.7. The highest BCUT2D eigenvalue weighted by molar-refractivity contribution is 5.77. The normalized spacial score (nSPS) is 20.8. The standard InChI is InChI=1S/C20H25N5O/c1-21-18(26)14-24-17-13-20(16-6-3-2-5-15(16)17)7-11-25(12-8-20)19-22-9-4-10-23-19/h2-6,9-10,17,24H,7-8,11-14H2,1H3,(H,21,26). The van der Waals surface area contributed by atoms with E-state index < -0.39 is 0 Å². The fraction of sp³-hybridized carbons (Fsp3) is 0.450. The van der Waals surface area contributed by atoms with Crippen molar-refractivity contribution in [1.29, 1.82) is 0 Å². The van der Waals surface area contributed by atoms with Crippen molar-refractivity contribution in [3.05, 3.63) is 53.9 Å². The Morgan fingerprint density at radius 3 is 2.65 bits per heavy atom. The van der Waals surface area contributed by atoms with Crippen LogP contribution in [0.25, 0.3) is 0 Å². The zero-order chi connectivity index (χ0) is 18.0. The van der Waals surface area contributed by atoms with Crippen molar-refractivity contribution in [1.82, 2.24) is 20.6 Å². The molecule has 0 saturated carbocycles. The monoisotopic (exact) mass is 351 g/mol. The molecule has 6 heteroatoms. The van der Waals surface area contributed by atoms with E-state index in [1.54, 1.807) is 19.4 Å². The second-order valence-corrected chi connectivity index (χ2v) is 7.21. The molecule has 0 bridgehead atoms. The van der Waals surface area contributed by atoms with Gasteiger partial charge in [0, 0.05) is 44.0 Å². The van der Waals surface area contributed by atoms with Gasteiger partial charge < -0.3 is 15.5 Å². The predicted octanol–water partition coefficient (Wildman–Crippen LogP) is 1.80. The summed E-state index contributed by atoms with van der Waals surface area (Å²) in [5.41, 5.74) is 2.98. The van der Waals surface area contributed by atoms with E-state index in [0.717, 1.165) is 38.3 Å². The van der Waals surface area contributed by atoms with E-state index in [1.165, 1.54) is 11.1 Å². The lowest BCUT2D eigenvalue weighted by Gasteiger charge is -2.40. The Morgan fingerprint density at radius 2 is 1.92 bits per heavy atom. The molecule has 2 heterocycles. The van der Waals surface area contributed by atoms with Crippen molar-refractivity contribution in [2.24, 2.45) is 0 Å². The minimum atomic E-state index is 0.0273. The summed E-state index contributed by atoms with van der Waals surface area (Å²) in [5.74, 6) is 0.849. The number of benzene rings is 1. The second-order valence-electron chi connectivity index (χ2n) is 7.21. The first-order valence-electron chi connectivity index (χ1n) is 9.27. The number of carbonyl (C=O) groups is 1. The van der Waals surface area contributed by atoms with Crippen LogP contribution in [0.1, 0.15) is 36.4 Å². The molecule has 4 rings (SSSR count). The van der Waals surface area contributed by atoms with Gasteiger partial charge in [0.25, 0.3) is 0 Å². The lowest BCUT2D eigenvalue weighted by atomic mass is 9.73. The van der Waals surface area contributed by atoms with Crippen molar-refractivity contribution in [3.8, 4) is 0 Å². The van der Waals surface area contributed by atoms with Gasteiger partial charge in [0.2, 0.25) is 11.9 Å². The molecule has 1 amide bonds. The molecule has 2 aliphatic rings. The Kier molecular flexibility index (Phi) is 4.59. The molecule has 6 nitrogen and oxygen atoms in total. The largest absolute Gasteiger partial charge is 0.358 e. The summed E-state index contributed by atoms with van der Waals surface area (Å²) in [6.45, 7) is 2.27. The molecule has 1 atom stereocenters. The Bertz CT molecular complexity index is 771. The van der Waals surface area contributed by atoms with Crippen LogP contribution in [0, 0.1) is 0 Å². The first-order valence-corrected chi connectivity index (χ1v) is 9.27. The average molecular weight is 351 g/mol. The Labute approximate surface area is 154 Å². The summed E-state index contributed by atoms with van der Waals surface area (Å²) in [6.07, 6.45) is 6.82. The topological polar surface area (TPSA) is 70.2 Å². The van der Waals surface area contributed by atoms with Gasteiger partial charge in [-0.2, -0.15) is 0 Å². The summed E-state index contributed by atoms with van der Waals surface area (Å²) in [4.78, 5) is 22.7. The molecule has 1 fully saturated rings. The Morgan fingerprint density at radius 1 is 1.19 bits per heavy atom. The van der Waals surface area contributed by atoms with Crippen LogP contribution >= 0.6 is 0 Å². The van der Waals surface area contributed by atoms with Crippen LogP contribution in [0.5, 0.6) is 0 Å². The van der Waals surface area contributed by atoms with Crippen LogP contribution in [-0.4, -0.2) is 42.6 Å². The zero-order valence-corrected chi connectivity index (χ0v) is 15.1. The van der Waals surface area contributed by atoms with Gasteiger partial charge in [-0.3, -0.25) is 4.79 Å². The summed E-state index contributed by atoms with van der Waals surface area (Å²) >= 11 is 0. The van der Waals surface area contributed by atoms with E-state index in [0.29, 0.717) is 6.54 Å². The molecule has 136 valence electrons. The lowest BCUT2D eigenvalue weighted by Crippen LogP contribution is -2.43. The molecule has 1 aliphatic carbocycles. The molecule has 1 saturated heterocycles. The highest BCUT2D eigenvalue weighted by Gasteiger charge is 2.45. The summed E-state index contributed by atoms with van der Waals surface area (Å²) < 4.78 is 0. The minimum Gasteiger partial charge on any atom is -0.358 e. The van der Waals surface area contributed by atoms with Crippen molar-refractivity contribution in [3.63, 3.8) is 0 Å². The second kappa shape index (κ2) is 7.03. The third-order valence-electron chi connectivity index (χ3n) is 5.85. The molecule has 1 aromatic heterocycles. The van der Waals surface area contributed by atoms with Crippen molar-refractivity contribution in [2.75, 3.05) is 31.6 Å². The molecule has 1 spiro atoms. The van der Waals surface area contributed by atoms with Crippen LogP contribution in [0.2, 0.25) is 0 Å². The quantitative estimate of drug-likeness (QED) is 0.879. The minimum absolute atomic E-state index is 0.0273. The van der Waals surface area contributed by atoms with Crippen LogP contribution in [0.4, 0.5) is 5.95 Å². The van der Waals surface area contributed by atoms with Gasteiger partial charge in [-0.25, -0.2) is 9.97 Å². The Hall–Kier alpha value is -2.47. The van der Waals surface area contributed by atoms with Gasteiger partial charge in [0.05, 0.1) is 6.54 Å². The van der Waals surface area contributed by atoms with Gasteiger partial charge in [-0.05, 0) is 36.5 Å². The number of piperidine rings is 1. The van der Waals surface area contributed by atoms with Gasteiger partial charge >= 0.3 is 0 Å². The number of amides is 1. The van der Waals surface area contributed by atoms with Gasteiger partial charge in [0.1, 0.15) is 0 Å². The number of aromatic nitrogens is 2. The third-order valence-corrected chi connectivity index (χ3v) is 5.85. The van der Waals surface area contributed by atoms with Crippen molar-refractivity contribution >= 4 is 11.9 Å². The van der Waals surface area contributed by atoms with E-state index >= 15 is 0 Å². The van der Waals surface area contributed by atoms with Crippen LogP contribution in [0.15, 0.2) is 42.7 Å². The number of anilines is 1. The van der Waals surface area contributed by atoms with E-state index in [9.17, 15) is 4.79 Å². The predicted molar refractivity (Wildman–Crippen MR) is 101 cm³/mol. The van der Waals surface area contributed by atoms with Crippen LogP contribution in [0.3, 0.4) is 0 Å². The summed E-state index contributed by atoms with van der Waals surface area (Å²) in [6, 6.07) is 10.8. The molecular weight excluding hydrogens is 326 g/mol. The summed E-state index contributed by atoms with van der Waals surface area (Å²) in [7, 11) is 1.68. The first kappa shape index (κ1) is 17.0. The fourth-order valence-corrected chi connectivity index (χ4v) is 4.44. The molecule has 1 aliphatic heterocycles. The number of nitrogens with zero attached hydrogens (tertiary/aromatic N) is 3. The smallest absolute Gasteiger partial charge is 0.233 e. The number of fused-ring (bicyclic) bond motifs is 2. The van der Waals surface area contributed by atoms with Crippen LogP contribution in [-0.2, 0) is 10.2 Å². The van der Waals surface area contributed by atoms with E-state index in [2.05, 4.69) is 49.8 Å². The average Bonchev–Trinajstić information content (AvgIpc) is 3.01. The number of carbonyl (C=O) groups excluding carboxylic acids is 1. The molecular formula is C20H25N5O. The molecule has 2 N–H and O–H groups in total. The van der Waals surface area contributed by atoms with E-state index in [-0.39, 0.29) is 17.4 Å². The molecule has 26 heavy (non-hydrogen) atoms. The molecule has 1 unspecified atom stereocenters. The maximum Gasteiger partial charge on any atom is 0.233 e. The van der Waals surface area contributed by atoms with Gasteiger partial charge in [-0.1, -0.05) is 24.3 Å². The number of hydrogen-bond donors (Lipinski definition) is 2. The fourth-order valence-electron chi connectivity index (χ4n) is 4.44. The molecule has 0 radical (unpaired) electrons. The zero-order valence-electron chi connectivity index (χ0n) is 15.1.